The second-order valence-electron chi connectivity index (χ2n) is 6.61. The lowest BCUT2D eigenvalue weighted by atomic mass is 10.2. The number of rotatable bonds is 6. The minimum atomic E-state index is -3.99. The van der Waals surface area contributed by atoms with Gasteiger partial charge in [0.2, 0.25) is 11.8 Å². The second kappa shape index (κ2) is 8.97. The number of sulfonamides is 1. The summed E-state index contributed by atoms with van der Waals surface area (Å²) in [6.07, 6.45) is -0.166. The Morgan fingerprint density at radius 2 is 1.80 bits per heavy atom. The van der Waals surface area contributed by atoms with Crippen LogP contribution in [0.5, 0.6) is 0 Å². The Hall–Kier alpha value is -2.72. The van der Waals surface area contributed by atoms with Crippen LogP contribution in [0.3, 0.4) is 0 Å². The van der Waals surface area contributed by atoms with Crippen LogP contribution in [0.25, 0.3) is 0 Å². The molecule has 0 aromatic heterocycles. The number of anilines is 1. The number of halogens is 1. The van der Waals surface area contributed by atoms with E-state index in [2.05, 4.69) is 9.71 Å². The largest absolute Gasteiger partial charge is 0.326 e. The van der Waals surface area contributed by atoms with E-state index in [4.69, 9.17) is 0 Å². The highest BCUT2D eigenvalue weighted by Crippen LogP contribution is 2.31. The molecule has 3 rings (SSSR count). The van der Waals surface area contributed by atoms with Gasteiger partial charge in [0, 0.05) is 18.7 Å². The monoisotopic (exact) mass is 449 g/mol. The fourth-order valence-corrected chi connectivity index (χ4v) is 5.20. The third-order valence-corrected chi connectivity index (χ3v) is 6.92. The summed E-state index contributed by atoms with van der Waals surface area (Å²) in [7, 11) is -3.99. The first-order chi connectivity index (χ1) is 14.2. The van der Waals surface area contributed by atoms with Crippen LogP contribution in [-0.4, -0.2) is 42.1 Å². The van der Waals surface area contributed by atoms with Crippen LogP contribution in [0.2, 0.25) is 0 Å². The van der Waals surface area contributed by atoms with E-state index in [0.29, 0.717) is 5.69 Å². The lowest BCUT2D eigenvalue weighted by molar-refractivity contribution is -0.128. The zero-order valence-electron chi connectivity index (χ0n) is 16.3. The molecule has 0 unspecified atom stereocenters. The average Bonchev–Trinajstić information content (AvgIpc) is 2.97. The molecule has 1 aliphatic rings. The number of nitrogens with zero attached hydrogens (tertiary/aromatic N) is 2. The Labute approximate surface area is 178 Å². The van der Waals surface area contributed by atoms with E-state index in [1.54, 1.807) is 19.1 Å². The van der Waals surface area contributed by atoms with Crippen LogP contribution in [0.4, 0.5) is 10.1 Å². The highest BCUT2D eigenvalue weighted by atomic mass is 32.2. The number of thioether (sulfide) groups is 1. The molecule has 0 saturated carbocycles. The summed E-state index contributed by atoms with van der Waals surface area (Å²) in [6, 6.07) is 11.5. The Morgan fingerprint density at radius 3 is 2.40 bits per heavy atom. The maximum atomic E-state index is 13.0. The number of carbonyl (C=O) groups excluding carboxylic acids is 2. The SMILES string of the molecule is CCN1C(=O)[C@H](CC(=O)Nc2ccc(F)cc2)SC1=NS(=O)(=O)c1ccc(C)cc1. The van der Waals surface area contributed by atoms with Gasteiger partial charge in [-0.1, -0.05) is 29.5 Å². The molecule has 10 heteroatoms. The van der Waals surface area contributed by atoms with Gasteiger partial charge >= 0.3 is 0 Å². The fraction of sp³-hybridized carbons (Fsp3) is 0.250. The van der Waals surface area contributed by atoms with Crippen LogP contribution >= 0.6 is 11.8 Å². The number of hydrogen-bond acceptors (Lipinski definition) is 5. The molecule has 1 fully saturated rings. The standard InChI is InChI=1S/C20H20FN3O4S2/c1-3-24-19(26)17(12-18(25)22-15-8-6-14(21)7-9-15)29-20(24)23-30(27,28)16-10-4-13(2)5-11-16/h4-11,17H,3,12H2,1-2H3,(H,22,25)/t17-/m0/s1. The minimum Gasteiger partial charge on any atom is -0.326 e. The lowest BCUT2D eigenvalue weighted by Crippen LogP contribution is -2.33. The van der Waals surface area contributed by atoms with Crippen LogP contribution in [0.1, 0.15) is 18.9 Å². The number of benzene rings is 2. The van der Waals surface area contributed by atoms with Gasteiger partial charge in [0.15, 0.2) is 5.17 Å². The Morgan fingerprint density at radius 1 is 1.17 bits per heavy atom. The number of amides is 2. The molecule has 1 atom stereocenters. The predicted octanol–water partition coefficient (Wildman–Crippen LogP) is 3.17. The first-order valence-corrected chi connectivity index (χ1v) is 11.5. The van der Waals surface area contributed by atoms with E-state index < -0.39 is 27.0 Å². The first-order valence-electron chi connectivity index (χ1n) is 9.14. The molecule has 0 aliphatic carbocycles. The predicted molar refractivity (Wildman–Crippen MR) is 114 cm³/mol. The molecule has 0 spiro atoms. The van der Waals surface area contributed by atoms with Crippen molar-refractivity contribution in [2.45, 2.75) is 30.4 Å². The molecule has 1 heterocycles. The number of carbonyl (C=O) groups is 2. The van der Waals surface area contributed by atoms with E-state index in [-0.39, 0.29) is 28.9 Å². The smallest absolute Gasteiger partial charge is 0.284 e. The first kappa shape index (κ1) is 22.0. The number of hydrogen-bond donors (Lipinski definition) is 1. The van der Waals surface area contributed by atoms with E-state index in [9.17, 15) is 22.4 Å². The van der Waals surface area contributed by atoms with Crippen molar-refractivity contribution in [2.24, 2.45) is 4.40 Å². The van der Waals surface area contributed by atoms with Gasteiger partial charge in [-0.3, -0.25) is 14.5 Å². The van der Waals surface area contributed by atoms with Crippen molar-refractivity contribution in [3.8, 4) is 0 Å². The molecule has 2 aromatic carbocycles. The molecule has 0 bridgehead atoms. The molecule has 1 saturated heterocycles. The van der Waals surface area contributed by atoms with Crippen molar-refractivity contribution in [3.05, 3.63) is 59.9 Å². The van der Waals surface area contributed by atoms with Gasteiger partial charge < -0.3 is 5.32 Å². The highest BCUT2D eigenvalue weighted by Gasteiger charge is 2.39. The van der Waals surface area contributed by atoms with Crippen molar-refractivity contribution in [1.29, 1.82) is 0 Å². The molecule has 0 radical (unpaired) electrons. The molecular formula is C20H20FN3O4S2. The zero-order chi connectivity index (χ0) is 21.9. The molecule has 30 heavy (non-hydrogen) atoms. The topological polar surface area (TPSA) is 95.9 Å². The summed E-state index contributed by atoms with van der Waals surface area (Å²) in [4.78, 5) is 26.2. The third-order valence-electron chi connectivity index (χ3n) is 4.35. The van der Waals surface area contributed by atoms with Crippen LogP contribution < -0.4 is 5.32 Å². The van der Waals surface area contributed by atoms with Gasteiger partial charge in [0.05, 0.1) is 4.90 Å². The van der Waals surface area contributed by atoms with Gasteiger partial charge in [-0.15, -0.1) is 4.40 Å². The third kappa shape index (κ3) is 5.06. The Balaban J connectivity index is 1.75. The van der Waals surface area contributed by atoms with E-state index in [0.717, 1.165) is 17.3 Å². The summed E-state index contributed by atoms with van der Waals surface area (Å²) in [5, 5.41) is 1.85. The molecule has 2 aromatic rings. The summed E-state index contributed by atoms with van der Waals surface area (Å²) in [5.74, 6) is -1.25. The maximum Gasteiger partial charge on any atom is 0.284 e. The van der Waals surface area contributed by atoms with Gasteiger partial charge in [0.1, 0.15) is 11.1 Å². The Bertz CT molecular complexity index is 1080. The number of amidine groups is 1. The maximum absolute atomic E-state index is 13.0. The fourth-order valence-electron chi connectivity index (χ4n) is 2.78. The van der Waals surface area contributed by atoms with Crippen molar-refractivity contribution in [1.82, 2.24) is 4.90 Å². The van der Waals surface area contributed by atoms with E-state index >= 15 is 0 Å². The van der Waals surface area contributed by atoms with E-state index in [1.165, 1.54) is 41.3 Å². The van der Waals surface area contributed by atoms with Crippen LogP contribution in [-0.2, 0) is 19.6 Å². The molecular weight excluding hydrogens is 429 g/mol. The summed E-state index contributed by atoms with van der Waals surface area (Å²) in [6.45, 7) is 3.77. The van der Waals surface area contributed by atoms with Crippen LogP contribution in [0, 0.1) is 12.7 Å². The average molecular weight is 450 g/mol. The van der Waals surface area contributed by atoms with Crippen molar-refractivity contribution < 1.29 is 22.4 Å². The lowest BCUT2D eigenvalue weighted by Gasteiger charge is -2.13. The molecule has 158 valence electrons. The van der Waals surface area contributed by atoms with Crippen molar-refractivity contribution in [3.63, 3.8) is 0 Å². The summed E-state index contributed by atoms with van der Waals surface area (Å²) < 4.78 is 42.1. The number of aryl methyl sites for hydroxylation is 1. The van der Waals surface area contributed by atoms with Gasteiger partial charge in [-0.05, 0) is 50.2 Å². The molecule has 1 N–H and O–H groups in total. The second-order valence-corrected chi connectivity index (χ2v) is 9.38. The van der Waals surface area contributed by atoms with Gasteiger partial charge in [-0.2, -0.15) is 8.42 Å². The summed E-state index contributed by atoms with van der Waals surface area (Å²) >= 11 is 0.944. The van der Waals surface area contributed by atoms with Crippen LogP contribution in [0.15, 0.2) is 57.8 Å². The summed E-state index contributed by atoms with van der Waals surface area (Å²) in [5.41, 5.74) is 1.31. The highest BCUT2D eigenvalue weighted by molar-refractivity contribution is 8.16. The molecule has 2 amide bonds. The zero-order valence-corrected chi connectivity index (χ0v) is 18.0. The van der Waals surface area contributed by atoms with Gasteiger partial charge in [-0.25, -0.2) is 4.39 Å². The minimum absolute atomic E-state index is 0.0298. The Kier molecular flexibility index (Phi) is 6.57. The molecule has 1 aliphatic heterocycles. The van der Waals surface area contributed by atoms with Crippen molar-refractivity contribution >= 4 is 44.5 Å². The quantitative estimate of drug-likeness (QED) is 0.731. The number of nitrogens with one attached hydrogen (secondary N) is 1. The van der Waals surface area contributed by atoms with Gasteiger partial charge in [0.25, 0.3) is 10.0 Å². The molecule has 7 nitrogen and oxygen atoms in total. The normalized spacial score (nSPS) is 18.1. The van der Waals surface area contributed by atoms with Crippen molar-refractivity contribution in [2.75, 3.05) is 11.9 Å². The van der Waals surface area contributed by atoms with E-state index in [1.807, 2.05) is 6.92 Å².